The standard InChI is InChI=1S/C31H31N5O5/c1-31(2,3)41-30(39)35-26-17-16-25(22-9-5-4-6-10-22)34-27(26)36-28(37)23-14-12-21(13-15-23)20-40-29(38)33-19-24-11-7-8-18-32-24/h4-18H,19-20H2,1-3H3,(H,33,38)(H,35,39)(H,34,36,37). The average Bonchev–Trinajstić information content (AvgIpc) is 2.96. The largest absolute Gasteiger partial charge is 0.445 e. The summed E-state index contributed by atoms with van der Waals surface area (Å²) in [6.07, 6.45) is 0.400. The number of nitrogens with zero attached hydrogens (tertiary/aromatic N) is 2. The van der Waals surface area contributed by atoms with Gasteiger partial charge >= 0.3 is 12.2 Å². The summed E-state index contributed by atoms with van der Waals surface area (Å²) in [5, 5.41) is 8.09. The molecule has 10 heteroatoms. The Bertz CT molecular complexity index is 1490. The molecule has 0 saturated carbocycles. The van der Waals surface area contributed by atoms with Gasteiger partial charge in [-0.1, -0.05) is 48.5 Å². The molecule has 2 aromatic heterocycles. The Kier molecular flexibility index (Phi) is 9.26. The summed E-state index contributed by atoms with van der Waals surface area (Å²) in [5.41, 5.74) is 2.82. The van der Waals surface area contributed by atoms with Gasteiger partial charge in [0.2, 0.25) is 0 Å². The maximum atomic E-state index is 13.1. The van der Waals surface area contributed by atoms with Crippen LogP contribution in [0.15, 0.2) is 91.1 Å². The molecule has 0 bridgehead atoms. The zero-order chi connectivity index (χ0) is 29.2. The molecule has 0 fully saturated rings. The summed E-state index contributed by atoms with van der Waals surface area (Å²) >= 11 is 0. The van der Waals surface area contributed by atoms with Gasteiger partial charge in [0.25, 0.3) is 5.91 Å². The number of nitrogens with one attached hydrogen (secondary N) is 3. The summed E-state index contributed by atoms with van der Waals surface area (Å²) in [7, 11) is 0. The minimum atomic E-state index is -0.698. The van der Waals surface area contributed by atoms with Gasteiger partial charge in [-0.25, -0.2) is 14.6 Å². The average molecular weight is 554 g/mol. The quantitative estimate of drug-likeness (QED) is 0.238. The molecule has 0 atom stereocenters. The third kappa shape index (κ3) is 8.89. The van der Waals surface area contributed by atoms with E-state index in [1.165, 1.54) is 0 Å². The molecule has 0 aliphatic rings. The highest BCUT2D eigenvalue weighted by atomic mass is 16.6. The molecule has 0 radical (unpaired) electrons. The molecule has 4 rings (SSSR count). The van der Waals surface area contributed by atoms with Gasteiger partial charge in [-0.3, -0.25) is 15.1 Å². The van der Waals surface area contributed by atoms with Gasteiger partial charge in [-0.15, -0.1) is 0 Å². The SMILES string of the molecule is CC(C)(C)OC(=O)Nc1ccc(-c2ccccc2)nc1NC(=O)c1ccc(COC(=O)NCc2ccccn2)cc1. The molecule has 2 aromatic carbocycles. The summed E-state index contributed by atoms with van der Waals surface area (Å²) in [6, 6.07) is 24.9. The van der Waals surface area contributed by atoms with E-state index in [2.05, 4.69) is 25.9 Å². The Balaban J connectivity index is 1.41. The lowest BCUT2D eigenvalue weighted by Gasteiger charge is -2.20. The Labute approximate surface area is 238 Å². The molecule has 3 N–H and O–H groups in total. The molecular weight excluding hydrogens is 522 g/mol. The highest BCUT2D eigenvalue weighted by Gasteiger charge is 2.19. The monoisotopic (exact) mass is 553 g/mol. The second-order valence-corrected chi connectivity index (χ2v) is 9.99. The van der Waals surface area contributed by atoms with Crippen LogP contribution in [0.3, 0.4) is 0 Å². The molecule has 0 aliphatic carbocycles. The fourth-order valence-electron chi connectivity index (χ4n) is 3.64. The Hall–Kier alpha value is -5.25. The van der Waals surface area contributed by atoms with Gasteiger partial charge in [0.05, 0.1) is 23.6 Å². The van der Waals surface area contributed by atoms with Crippen LogP contribution >= 0.6 is 0 Å². The summed E-state index contributed by atoms with van der Waals surface area (Å²) in [6.45, 7) is 5.56. The van der Waals surface area contributed by atoms with E-state index in [0.29, 0.717) is 22.5 Å². The number of pyridine rings is 2. The van der Waals surface area contributed by atoms with Crippen molar-refractivity contribution in [1.29, 1.82) is 0 Å². The number of aromatic nitrogens is 2. The summed E-state index contributed by atoms with van der Waals surface area (Å²) in [4.78, 5) is 46.3. The molecule has 4 aromatic rings. The summed E-state index contributed by atoms with van der Waals surface area (Å²) < 4.78 is 10.6. The molecule has 0 spiro atoms. The van der Waals surface area contributed by atoms with Gasteiger partial charge in [-0.05, 0) is 62.7 Å². The molecule has 3 amide bonds. The highest BCUT2D eigenvalue weighted by Crippen LogP contribution is 2.26. The van der Waals surface area contributed by atoms with Crippen LogP contribution in [0.2, 0.25) is 0 Å². The predicted octanol–water partition coefficient (Wildman–Crippen LogP) is 6.17. The Morgan fingerprint density at radius 1 is 0.805 bits per heavy atom. The number of benzene rings is 2. The minimum Gasteiger partial charge on any atom is -0.445 e. The lowest BCUT2D eigenvalue weighted by atomic mass is 10.1. The second kappa shape index (κ2) is 13.2. The number of amides is 3. The number of carbonyl (C=O) groups excluding carboxylic acids is 3. The first kappa shape index (κ1) is 28.8. The lowest BCUT2D eigenvalue weighted by molar-refractivity contribution is 0.0635. The van der Waals surface area contributed by atoms with Crippen molar-refractivity contribution < 1.29 is 23.9 Å². The number of ether oxygens (including phenoxy) is 2. The van der Waals surface area contributed by atoms with Crippen LogP contribution in [0, 0.1) is 0 Å². The third-order valence-corrected chi connectivity index (χ3v) is 5.56. The van der Waals surface area contributed by atoms with Crippen molar-refractivity contribution in [3.8, 4) is 11.3 Å². The first-order chi connectivity index (χ1) is 19.7. The van der Waals surface area contributed by atoms with Gasteiger partial charge < -0.3 is 20.1 Å². The van der Waals surface area contributed by atoms with Crippen molar-refractivity contribution in [3.63, 3.8) is 0 Å². The van der Waals surface area contributed by atoms with Gasteiger partial charge in [0, 0.05) is 17.3 Å². The van der Waals surface area contributed by atoms with Crippen LogP contribution in [0.1, 0.15) is 42.4 Å². The predicted molar refractivity (Wildman–Crippen MR) is 155 cm³/mol. The molecule has 210 valence electrons. The van der Waals surface area contributed by atoms with E-state index < -0.39 is 23.7 Å². The van der Waals surface area contributed by atoms with E-state index >= 15 is 0 Å². The molecule has 0 aliphatic heterocycles. The fourth-order valence-corrected chi connectivity index (χ4v) is 3.64. The third-order valence-electron chi connectivity index (χ3n) is 5.56. The topological polar surface area (TPSA) is 132 Å². The van der Waals surface area contributed by atoms with Gasteiger partial charge in [-0.2, -0.15) is 0 Å². The molecule has 0 saturated heterocycles. The molecule has 2 heterocycles. The second-order valence-electron chi connectivity index (χ2n) is 9.99. The van der Waals surface area contributed by atoms with Crippen molar-refractivity contribution in [3.05, 3.63) is 108 Å². The van der Waals surface area contributed by atoms with Crippen molar-refractivity contribution in [1.82, 2.24) is 15.3 Å². The van der Waals surface area contributed by atoms with Crippen molar-refractivity contribution in [2.45, 2.75) is 39.5 Å². The maximum absolute atomic E-state index is 13.1. The van der Waals surface area contributed by atoms with E-state index in [4.69, 9.17) is 9.47 Å². The number of hydrogen-bond acceptors (Lipinski definition) is 7. The number of alkyl carbamates (subject to hydrolysis) is 1. The number of carbonyl (C=O) groups is 3. The summed E-state index contributed by atoms with van der Waals surface area (Å²) in [5.74, 6) is -0.269. The molecule has 41 heavy (non-hydrogen) atoms. The van der Waals surface area contributed by atoms with Crippen molar-refractivity contribution in [2.24, 2.45) is 0 Å². The van der Waals surface area contributed by atoms with Gasteiger partial charge in [0.15, 0.2) is 5.82 Å². The Morgan fingerprint density at radius 3 is 2.22 bits per heavy atom. The van der Waals surface area contributed by atoms with Crippen LogP contribution in [0.5, 0.6) is 0 Å². The van der Waals surface area contributed by atoms with Gasteiger partial charge in [0.1, 0.15) is 12.2 Å². The zero-order valence-electron chi connectivity index (χ0n) is 23.0. The first-order valence-electron chi connectivity index (χ1n) is 12.9. The maximum Gasteiger partial charge on any atom is 0.412 e. The fraction of sp³-hybridized carbons (Fsp3) is 0.194. The van der Waals surface area contributed by atoms with E-state index in [0.717, 1.165) is 5.56 Å². The first-order valence-corrected chi connectivity index (χ1v) is 12.9. The van der Waals surface area contributed by atoms with Crippen LogP contribution in [0.25, 0.3) is 11.3 Å². The zero-order valence-corrected chi connectivity index (χ0v) is 23.0. The van der Waals surface area contributed by atoms with Crippen molar-refractivity contribution >= 4 is 29.6 Å². The smallest absolute Gasteiger partial charge is 0.412 e. The van der Waals surface area contributed by atoms with Crippen molar-refractivity contribution in [2.75, 3.05) is 10.6 Å². The normalized spacial score (nSPS) is 10.8. The number of hydrogen-bond donors (Lipinski definition) is 3. The molecule has 0 unspecified atom stereocenters. The highest BCUT2D eigenvalue weighted by molar-refractivity contribution is 6.06. The molecular formula is C31H31N5O5. The van der Waals surface area contributed by atoms with Crippen LogP contribution < -0.4 is 16.0 Å². The van der Waals surface area contributed by atoms with Crippen LogP contribution in [0.4, 0.5) is 21.1 Å². The van der Waals surface area contributed by atoms with E-state index in [-0.39, 0.29) is 24.7 Å². The van der Waals surface area contributed by atoms with E-state index in [1.807, 2.05) is 36.4 Å². The van der Waals surface area contributed by atoms with Crippen LogP contribution in [-0.4, -0.2) is 33.7 Å². The lowest BCUT2D eigenvalue weighted by Crippen LogP contribution is -2.27. The molecule has 10 nitrogen and oxygen atoms in total. The number of rotatable bonds is 8. The minimum absolute atomic E-state index is 0.0284. The van der Waals surface area contributed by atoms with E-state index in [1.54, 1.807) is 75.5 Å². The van der Waals surface area contributed by atoms with E-state index in [9.17, 15) is 14.4 Å². The number of anilines is 2. The Morgan fingerprint density at radius 2 is 1.54 bits per heavy atom. The van der Waals surface area contributed by atoms with Crippen LogP contribution in [-0.2, 0) is 22.6 Å².